The molecule has 0 aliphatic carbocycles. The van der Waals surface area contributed by atoms with Gasteiger partial charge in [0.15, 0.2) is 5.13 Å². The summed E-state index contributed by atoms with van der Waals surface area (Å²) in [5.74, 6) is -0.0758. The van der Waals surface area contributed by atoms with E-state index in [1.807, 2.05) is 29.2 Å². The van der Waals surface area contributed by atoms with E-state index in [9.17, 15) is 9.90 Å². The Balaban J connectivity index is 1.62. The first-order valence-electron chi connectivity index (χ1n) is 6.26. The van der Waals surface area contributed by atoms with Crippen LogP contribution >= 0.6 is 11.3 Å². The topological polar surface area (TPSA) is 65.5 Å². The first-order chi connectivity index (χ1) is 9.20. The van der Waals surface area contributed by atoms with Gasteiger partial charge in [-0.15, -0.1) is 0 Å². The molecule has 2 heterocycles. The second-order valence-corrected chi connectivity index (χ2v) is 5.74. The molecule has 1 atom stereocenters. The number of aromatic nitrogens is 1. The molecule has 1 amide bonds. The van der Waals surface area contributed by atoms with Gasteiger partial charge in [0, 0.05) is 13.1 Å². The molecule has 0 unspecified atom stereocenters. The monoisotopic (exact) mass is 277 g/mol. The lowest BCUT2D eigenvalue weighted by molar-refractivity contribution is -0.117. The molecule has 0 saturated carbocycles. The lowest BCUT2D eigenvalue weighted by atomic mass is 10.3. The van der Waals surface area contributed by atoms with Crippen molar-refractivity contribution in [2.45, 2.75) is 12.5 Å². The smallest absolute Gasteiger partial charge is 0.240 e. The van der Waals surface area contributed by atoms with E-state index in [2.05, 4.69) is 10.3 Å². The Morgan fingerprint density at radius 2 is 2.37 bits per heavy atom. The van der Waals surface area contributed by atoms with Crippen molar-refractivity contribution in [3.05, 3.63) is 24.3 Å². The van der Waals surface area contributed by atoms with Gasteiger partial charge in [0.2, 0.25) is 5.91 Å². The fourth-order valence-corrected chi connectivity index (χ4v) is 3.13. The Morgan fingerprint density at radius 3 is 3.11 bits per heavy atom. The SMILES string of the molecule is O=C(CN1CC[C@H](O)C1)Nc1nc2ccccc2s1. The van der Waals surface area contributed by atoms with Crippen LogP contribution < -0.4 is 5.32 Å². The number of aliphatic hydroxyl groups is 1. The molecule has 1 saturated heterocycles. The van der Waals surface area contributed by atoms with Crippen molar-refractivity contribution in [2.24, 2.45) is 0 Å². The van der Waals surface area contributed by atoms with Gasteiger partial charge < -0.3 is 10.4 Å². The molecule has 19 heavy (non-hydrogen) atoms. The summed E-state index contributed by atoms with van der Waals surface area (Å²) >= 11 is 1.47. The minimum absolute atomic E-state index is 0.0758. The number of nitrogens with zero attached hydrogens (tertiary/aromatic N) is 2. The van der Waals surface area contributed by atoms with Crippen LogP contribution in [0.25, 0.3) is 10.2 Å². The molecule has 0 radical (unpaired) electrons. The summed E-state index contributed by atoms with van der Waals surface area (Å²) in [6.45, 7) is 1.66. The summed E-state index contributed by atoms with van der Waals surface area (Å²) in [6, 6.07) is 7.80. The van der Waals surface area contributed by atoms with E-state index < -0.39 is 0 Å². The third-order valence-corrected chi connectivity index (χ3v) is 4.11. The first kappa shape index (κ1) is 12.5. The van der Waals surface area contributed by atoms with Crippen molar-refractivity contribution < 1.29 is 9.90 Å². The van der Waals surface area contributed by atoms with Crippen LogP contribution in [0.1, 0.15) is 6.42 Å². The molecule has 1 aliphatic heterocycles. The van der Waals surface area contributed by atoms with Crippen LogP contribution in [-0.2, 0) is 4.79 Å². The van der Waals surface area contributed by atoms with E-state index in [4.69, 9.17) is 0 Å². The van der Waals surface area contributed by atoms with E-state index in [0.717, 1.165) is 23.2 Å². The Morgan fingerprint density at radius 1 is 1.53 bits per heavy atom. The maximum atomic E-state index is 11.9. The number of benzene rings is 1. The highest BCUT2D eigenvalue weighted by atomic mass is 32.1. The number of carbonyl (C=O) groups excluding carboxylic acids is 1. The van der Waals surface area contributed by atoms with Crippen molar-refractivity contribution in [2.75, 3.05) is 25.0 Å². The number of fused-ring (bicyclic) bond motifs is 1. The maximum absolute atomic E-state index is 11.9. The molecular formula is C13H15N3O2S. The maximum Gasteiger partial charge on any atom is 0.240 e. The molecule has 0 spiro atoms. The highest BCUT2D eigenvalue weighted by molar-refractivity contribution is 7.22. The van der Waals surface area contributed by atoms with Gasteiger partial charge in [0.1, 0.15) is 0 Å². The van der Waals surface area contributed by atoms with Crippen molar-refractivity contribution in [3.8, 4) is 0 Å². The number of hydrogen-bond acceptors (Lipinski definition) is 5. The number of nitrogens with one attached hydrogen (secondary N) is 1. The summed E-state index contributed by atoms with van der Waals surface area (Å²) in [4.78, 5) is 18.2. The largest absolute Gasteiger partial charge is 0.392 e. The van der Waals surface area contributed by atoms with Crippen molar-refractivity contribution in [3.63, 3.8) is 0 Å². The van der Waals surface area contributed by atoms with Gasteiger partial charge >= 0.3 is 0 Å². The quantitative estimate of drug-likeness (QED) is 0.887. The number of thiazole rings is 1. The second kappa shape index (κ2) is 5.24. The van der Waals surface area contributed by atoms with Crippen LogP contribution in [0.2, 0.25) is 0 Å². The predicted molar refractivity (Wildman–Crippen MR) is 75.3 cm³/mol. The summed E-state index contributed by atoms with van der Waals surface area (Å²) in [5, 5.41) is 12.9. The third-order valence-electron chi connectivity index (χ3n) is 3.15. The summed E-state index contributed by atoms with van der Waals surface area (Å²) in [5.41, 5.74) is 0.902. The molecule has 2 aromatic rings. The zero-order valence-electron chi connectivity index (χ0n) is 10.4. The van der Waals surface area contributed by atoms with Crippen LogP contribution in [0.5, 0.6) is 0 Å². The Labute approximate surface area is 114 Å². The van der Waals surface area contributed by atoms with Gasteiger partial charge in [-0.25, -0.2) is 4.98 Å². The minimum Gasteiger partial charge on any atom is -0.392 e. The third kappa shape index (κ3) is 2.91. The van der Waals surface area contributed by atoms with Crippen LogP contribution in [-0.4, -0.2) is 46.6 Å². The van der Waals surface area contributed by atoms with Crippen LogP contribution in [0, 0.1) is 0 Å². The molecule has 1 aliphatic rings. The van der Waals surface area contributed by atoms with Crippen LogP contribution in [0.15, 0.2) is 24.3 Å². The van der Waals surface area contributed by atoms with Crippen molar-refractivity contribution in [1.82, 2.24) is 9.88 Å². The van der Waals surface area contributed by atoms with Crippen molar-refractivity contribution >= 4 is 32.6 Å². The van der Waals surface area contributed by atoms with E-state index >= 15 is 0 Å². The number of carbonyl (C=O) groups is 1. The van der Waals surface area contributed by atoms with Crippen molar-refractivity contribution in [1.29, 1.82) is 0 Å². The number of β-amino-alcohol motifs (C(OH)–C–C–N with tert-alkyl or cyclic N) is 1. The molecule has 1 aromatic carbocycles. The number of para-hydroxylation sites is 1. The van der Waals surface area contributed by atoms with Gasteiger partial charge in [0.05, 0.1) is 22.9 Å². The van der Waals surface area contributed by atoms with E-state index in [1.54, 1.807) is 0 Å². The van der Waals surface area contributed by atoms with Gasteiger partial charge in [-0.2, -0.15) is 0 Å². The Hall–Kier alpha value is -1.50. The van der Waals surface area contributed by atoms with E-state index in [1.165, 1.54) is 11.3 Å². The molecule has 5 nitrogen and oxygen atoms in total. The number of amides is 1. The standard InChI is InChI=1S/C13H15N3O2S/c17-9-5-6-16(7-9)8-12(18)15-13-14-10-3-1-2-4-11(10)19-13/h1-4,9,17H,5-8H2,(H,14,15,18)/t9-/m0/s1. The molecule has 1 aromatic heterocycles. The zero-order chi connectivity index (χ0) is 13.2. The highest BCUT2D eigenvalue weighted by Gasteiger charge is 2.22. The summed E-state index contributed by atoms with van der Waals surface area (Å²) in [6.07, 6.45) is 0.448. The fraction of sp³-hybridized carbons (Fsp3) is 0.385. The lowest BCUT2D eigenvalue weighted by Gasteiger charge is -2.13. The number of aliphatic hydroxyl groups excluding tert-OH is 1. The summed E-state index contributed by atoms with van der Waals surface area (Å²) < 4.78 is 1.06. The van der Waals surface area contributed by atoms with Gasteiger partial charge in [0.25, 0.3) is 0 Å². The predicted octanol–water partition coefficient (Wildman–Crippen LogP) is 1.30. The first-order valence-corrected chi connectivity index (χ1v) is 7.08. The lowest BCUT2D eigenvalue weighted by Crippen LogP contribution is -2.32. The Kier molecular flexibility index (Phi) is 3.46. The average Bonchev–Trinajstić information content (AvgIpc) is 2.94. The Bertz CT molecular complexity index is 565. The minimum atomic E-state index is -0.296. The number of rotatable bonds is 3. The van der Waals surface area contributed by atoms with E-state index in [-0.39, 0.29) is 12.0 Å². The molecular weight excluding hydrogens is 262 g/mol. The molecule has 6 heteroatoms. The van der Waals surface area contributed by atoms with Crippen LogP contribution in [0.4, 0.5) is 5.13 Å². The molecule has 100 valence electrons. The molecule has 3 rings (SSSR count). The molecule has 0 bridgehead atoms. The number of anilines is 1. The summed E-state index contributed by atoms with van der Waals surface area (Å²) in [7, 11) is 0. The van der Waals surface area contributed by atoms with E-state index in [0.29, 0.717) is 18.2 Å². The van der Waals surface area contributed by atoms with Gasteiger partial charge in [-0.1, -0.05) is 23.5 Å². The number of hydrogen-bond donors (Lipinski definition) is 2. The van der Waals surface area contributed by atoms with Gasteiger partial charge in [-0.05, 0) is 18.6 Å². The zero-order valence-corrected chi connectivity index (χ0v) is 11.2. The highest BCUT2D eigenvalue weighted by Crippen LogP contribution is 2.25. The normalized spacial score (nSPS) is 19.9. The second-order valence-electron chi connectivity index (χ2n) is 4.71. The fourth-order valence-electron chi connectivity index (χ4n) is 2.24. The number of likely N-dealkylation sites (tertiary alicyclic amines) is 1. The van der Waals surface area contributed by atoms with Crippen LogP contribution in [0.3, 0.4) is 0 Å². The molecule has 1 fully saturated rings. The van der Waals surface area contributed by atoms with Gasteiger partial charge in [-0.3, -0.25) is 9.69 Å². The molecule has 2 N–H and O–H groups in total. The average molecular weight is 277 g/mol.